The van der Waals surface area contributed by atoms with Gasteiger partial charge in [-0.3, -0.25) is 4.79 Å². The van der Waals surface area contributed by atoms with Gasteiger partial charge >= 0.3 is 0 Å². The fourth-order valence-electron chi connectivity index (χ4n) is 3.92. The van der Waals surface area contributed by atoms with Crippen LogP contribution in [0.5, 0.6) is 0 Å². The average Bonchev–Trinajstić information content (AvgIpc) is 3.23. The van der Waals surface area contributed by atoms with E-state index in [4.69, 9.17) is 0 Å². The molecule has 2 aromatic heterocycles. The Hall–Kier alpha value is -3.47. The number of amides is 1. The number of hydrogen-bond acceptors (Lipinski definition) is 3. The largest absolute Gasteiger partial charge is 0.349 e. The lowest BCUT2D eigenvalue weighted by Crippen LogP contribution is -2.33. The summed E-state index contributed by atoms with van der Waals surface area (Å²) in [6, 6.07) is 18.9. The number of aryl methyl sites for hydroxylation is 2. The van der Waals surface area contributed by atoms with E-state index in [0.717, 1.165) is 35.3 Å². The molecule has 1 amide bonds. The number of nitrogens with zero attached hydrogens (tertiary/aromatic N) is 3. The second-order valence-electron chi connectivity index (χ2n) is 8.73. The molecule has 1 atom stereocenters. The molecule has 5 nitrogen and oxygen atoms in total. The van der Waals surface area contributed by atoms with Crippen molar-refractivity contribution >= 4 is 11.6 Å². The van der Waals surface area contributed by atoms with Crippen LogP contribution < -0.4 is 5.32 Å². The summed E-state index contributed by atoms with van der Waals surface area (Å²) in [6.45, 7) is 8.32. The van der Waals surface area contributed by atoms with E-state index < -0.39 is 0 Å². The Balaban J connectivity index is 1.50. The van der Waals surface area contributed by atoms with Crippen LogP contribution >= 0.6 is 0 Å². The summed E-state index contributed by atoms with van der Waals surface area (Å²) in [5.74, 6) is 0.375. The number of carbonyl (C=O) groups is 1. The molecule has 0 aliphatic carbocycles. The second kappa shape index (κ2) is 9.35. The molecule has 0 bridgehead atoms. The topological polar surface area (TPSA) is 59.3 Å². The van der Waals surface area contributed by atoms with Crippen LogP contribution in [-0.2, 0) is 6.42 Å². The van der Waals surface area contributed by atoms with Crippen molar-refractivity contribution in [1.82, 2.24) is 19.9 Å². The molecule has 4 rings (SSSR count). The molecular weight excluding hydrogens is 396 g/mol. The number of carbonyl (C=O) groups excluding carboxylic acids is 1. The molecule has 1 unspecified atom stereocenters. The highest BCUT2D eigenvalue weighted by atomic mass is 16.1. The van der Waals surface area contributed by atoms with E-state index in [-0.39, 0.29) is 11.9 Å². The van der Waals surface area contributed by atoms with Crippen LogP contribution in [0.3, 0.4) is 0 Å². The summed E-state index contributed by atoms with van der Waals surface area (Å²) in [4.78, 5) is 17.5. The third-order valence-corrected chi connectivity index (χ3v) is 5.99. The normalized spacial score (nSPS) is 12.3. The number of rotatable bonds is 7. The first kappa shape index (κ1) is 21.8. The van der Waals surface area contributed by atoms with E-state index in [1.165, 1.54) is 11.1 Å². The summed E-state index contributed by atoms with van der Waals surface area (Å²) in [5.41, 5.74) is 6.71. The van der Waals surface area contributed by atoms with Gasteiger partial charge in [0.25, 0.3) is 5.91 Å². The highest BCUT2D eigenvalue weighted by molar-refractivity contribution is 5.95. The standard InChI is InChI=1S/C27H30N4O/c1-18(2)22-12-14-23(15-13-22)25-17-29-31-20(4)24(16-28-26(25)31)27(32)30-19(3)10-11-21-8-6-5-7-9-21/h5-9,12-19H,10-11H2,1-4H3,(H,30,32). The molecule has 4 aromatic rings. The molecule has 2 heterocycles. The average molecular weight is 427 g/mol. The predicted octanol–water partition coefficient (Wildman–Crippen LogP) is 5.58. The van der Waals surface area contributed by atoms with Crippen molar-refractivity contribution in [1.29, 1.82) is 0 Å². The van der Waals surface area contributed by atoms with Crippen LogP contribution in [0.25, 0.3) is 16.8 Å². The fraction of sp³-hybridized carbons (Fsp3) is 0.296. The highest BCUT2D eigenvalue weighted by Gasteiger charge is 2.18. The first-order valence-corrected chi connectivity index (χ1v) is 11.2. The van der Waals surface area contributed by atoms with Gasteiger partial charge in [-0.25, -0.2) is 9.50 Å². The summed E-state index contributed by atoms with van der Waals surface area (Å²) >= 11 is 0. The number of benzene rings is 2. The molecule has 1 N–H and O–H groups in total. The summed E-state index contributed by atoms with van der Waals surface area (Å²) in [6.07, 6.45) is 5.29. The van der Waals surface area contributed by atoms with Gasteiger partial charge in [-0.15, -0.1) is 0 Å². The van der Waals surface area contributed by atoms with Crippen molar-refractivity contribution in [3.8, 4) is 11.1 Å². The van der Waals surface area contributed by atoms with E-state index >= 15 is 0 Å². The Labute approximate surface area is 189 Å². The van der Waals surface area contributed by atoms with Gasteiger partial charge in [0.05, 0.1) is 17.5 Å². The van der Waals surface area contributed by atoms with Gasteiger partial charge < -0.3 is 5.32 Å². The van der Waals surface area contributed by atoms with Gasteiger partial charge in [-0.1, -0.05) is 68.4 Å². The molecule has 164 valence electrons. The van der Waals surface area contributed by atoms with E-state index in [0.29, 0.717) is 11.5 Å². The maximum absolute atomic E-state index is 12.9. The molecule has 2 aromatic carbocycles. The molecule has 0 saturated carbocycles. The van der Waals surface area contributed by atoms with E-state index in [1.807, 2.05) is 38.2 Å². The van der Waals surface area contributed by atoms with Crippen molar-refractivity contribution in [2.75, 3.05) is 0 Å². The Morgan fingerprint density at radius 3 is 2.41 bits per heavy atom. The Bertz CT molecular complexity index is 1210. The zero-order chi connectivity index (χ0) is 22.7. The third-order valence-electron chi connectivity index (χ3n) is 5.99. The zero-order valence-corrected chi connectivity index (χ0v) is 19.2. The molecule has 32 heavy (non-hydrogen) atoms. The van der Waals surface area contributed by atoms with Crippen LogP contribution in [0.15, 0.2) is 67.0 Å². The lowest BCUT2D eigenvalue weighted by atomic mass is 10.00. The molecular formula is C27H30N4O. The Morgan fingerprint density at radius 2 is 1.72 bits per heavy atom. The van der Waals surface area contributed by atoms with Crippen molar-refractivity contribution in [2.45, 2.75) is 52.5 Å². The Morgan fingerprint density at radius 1 is 1.00 bits per heavy atom. The SMILES string of the molecule is Cc1c(C(=O)NC(C)CCc2ccccc2)cnc2c(-c3ccc(C(C)C)cc3)cnn12. The number of hydrogen-bond donors (Lipinski definition) is 1. The lowest BCUT2D eigenvalue weighted by Gasteiger charge is -2.15. The molecule has 0 aliphatic rings. The first-order chi connectivity index (χ1) is 15.4. The maximum atomic E-state index is 12.9. The highest BCUT2D eigenvalue weighted by Crippen LogP contribution is 2.26. The predicted molar refractivity (Wildman–Crippen MR) is 129 cm³/mol. The summed E-state index contributed by atoms with van der Waals surface area (Å²) in [5, 5.41) is 7.63. The van der Waals surface area contributed by atoms with E-state index in [9.17, 15) is 4.79 Å². The van der Waals surface area contributed by atoms with Crippen LogP contribution in [0.1, 0.15) is 60.3 Å². The van der Waals surface area contributed by atoms with Gasteiger partial charge in [0, 0.05) is 17.8 Å². The van der Waals surface area contributed by atoms with Gasteiger partial charge in [-0.2, -0.15) is 5.10 Å². The van der Waals surface area contributed by atoms with Crippen LogP contribution in [0.2, 0.25) is 0 Å². The quantitative estimate of drug-likeness (QED) is 0.420. The lowest BCUT2D eigenvalue weighted by molar-refractivity contribution is 0.0936. The van der Waals surface area contributed by atoms with E-state index in [2.05, 4.69) is 65.6 Å². The smallest absolute Gasteiger partial charge is 0.254 e. The van der Waals surface area contributed by atoms with Gasteiger partial charge in [0.1, 0.15) is 0 Å². The first-order valence-electron chi connectivity index (χ1n) is 11.2. The molecule has 5 heteroatoms. The van der Waals surface area contributed by atoms with Crippen LogP contribution in [0.4, 0.5) is 0 Å². The van der Waals surface area contributed by atoms with Crippen molar-refractivity contribution in [3.05, 3.63) is 89.4 Å². The van der Waals surface area contributed by atoms with Gasteiger partial charge in [0.15, 0.2) is 5.65 Å². The number of nitrogens with one attached hydrogen (secondary N) is 1. The fourth-order valence-corrected chi connectivity index (χ4v) is 3.92. The second-order valence-corrected chi connectivity index (χ2v) is 8.73. The van der Waals surface area contributed by atoms with E-state index in [1.54, 1.807) is 10.7 Å². The Kier molecular flexibility index (Phi) is 6.35. The maximum Gasteiger partial charge on any atom is 0.254 e. The van der Waals surface area contributed by atoms with Gasteiger partial charge in [0.2, 0.25) is 0 Å². The molecule has 0 fully saturated rings. The summed E-state index contributed by atoms with van der Waals surface area (Å²) in [7, 11) is 0. The third kappa shape index (κ3) is 4.57. The zero-order valence-electron chi connectivity index (χ0n) is 19.2. The number of aromatic nitrogens is 3. The molecule has 0 spiro atoms. The minimum Gasteiger partial charge on any atom is -0.349 e. The summed E-state index contributed by atoms with van der Waals surface area (Å²) < 4.78 is 1.76. The van der Waals surface area contributed by atoms with Gasteiger partial charge in [-0.05, 0) is 49.3 Å². The van der Waals surface area contributed by atoms with Crippen molar-refractivity contribution in [2.24, 2.45) is 0 Å². The van der Waals surface area contributed by atoms with Crippen molar-refractivity contribution in [3.63, 3.8) is 0 Å². The number of fused-ring (bicyclic) bond motifs is 1. The van der Waals surface area contributed by atoms with Crippen LogP contribution in [0, 0.1) is 6.92 Å². The van der Waals surface area contributed by atoms with Crippen LogP contribution in [-0.4, -0.2) is 26.5 Å². The monoisotopic (exact) mass is 426 g/mol. The minimum absolute atomic E-state index is 0.0606. The van der Waals surface area contributed by atoms with Crippen molar-refractivity contribution < 1.29 is 4.79 Å². The molecule has 0 aliphatic heterocycles. The molecule has 0 saturated heterocycles. The minimum atomic E-state index is -0.115. The molecule has 0 radical (unpaired) electrons.